The van der Waals surface area contributed by atoms with E-state index in [-0.39, 0.29) is 6.04 Å². The van der Waals surface area contributed by atoms with Crippen LogP contribution in [0.5, 0.6) is 0 Å². The second-order valence-corrected chi connectivity index (χ2v) is 5.39. The van der Waals surface area contributed by atoms with Crippen LogP contribution in [0.2, 0.25) is 0 Å². The molecule has 2 N–H and O–H groups in total. The second kappa shape index (κ2) is 6.04. The van der Waals surface area contributed by atoms with Gasteiger partial charge in [-0.1, -0.05) is 12.1 Å². The number of anilines is 1. The Balaban J connectivity index is 1.81. The van der Waals surface area contributed by atoms with Crippen molar-refractivity contribution in [3.63, 3.8) is 0 Å². The van der Waals surface area contributed by atoms with Crippen LogP contribution >= 0.6 is 0 Å². The SMILES string of the molecule is CC(Nc1nc(-c2cccnc2)nc2ccccc12)c1ncn[nH]1. The Morgan fingerprint density at radius 3 is 2.79 bits per heavy atom. The molecule has 0 saturated carbocycles. The van der Waals surface area contributed by atoms with Crippen molar-refractivity contribution in [3.8, 4) is 11.4 Å². The number of hydrogen-bond donors (Lipinski definition) is 2. The van der Waals surface area contributed by atoms with E-state index in [1.165, 1.54) is 6.33 Å². The van der Waals surface area contributed by atoms with E-state index in [2.05, 4.69) is 30.5 Å². The van der Waals surface area contributed by atoms with Crippen molar-refractivity contribution < 1.29 is 0 Å². The monoisotopic (exact) mass is 317 g/mol. The molecule has 0 fully saturated rings. The Kier molecular flexibility index (Phi) is 3.59. The van der Waals surface area contributed by atoms with Crippen LogP contribution in [0.1, 0.15) is 18.8 Å². The van der Waals surface area contributed by atoms with Gasteiger partial charge in [-0.25, -0.2) is 15.0 Å². The Morgan fingerprint density at radius 2 is 2.00 bits per heavy atom. The molecule has 0 aliphatic heterocycles. The molecule has 4 rings (SSSR count). The van der Waals surface area contributed by atoms with E-state index in [0.717, 1.165) is 28.1 Å². The van der Waals surface area contributed by atoms with E-state index in [4.69, 9.17) is 4.98 Å². The standard InChI is InChI=1S/C17H15N7/c1-11(15-19-10-20-24-15)21-17-13-6-2-3-7-14(13)22-16(23-17)12-5-4-8-18-9-12/h2-11H,1H3,(H,19,20,24)(H,21,22,23). The molecule has 0 bridgehead atoms. The number of para-hydroxylation sites is 1. The third-order valence-corrected chi connectivity index (χ3v) is 3.72. The lowest BCUT2D eigenvalue weighted by Crippen LogP contribution is -2.11. The summed E-state index contributed by atoms with van der Waals surface area (Å²) in [7, 11) is 0. The topological polar surface area (TPSA) is 92.3 Å². The van der Waals surface area contributed by atoms with E-state index < -0.39 is 0 Å². The van der Waals surface area contributed by atoms with Crippen molar-refractivity contribution in [3.05, 3.63) is 60.9 Å². The third-order valence-electron chi connectivity index (χ3n) is 3.72. The lowest BCUT2D eigenvalue weighted by molar-refractivity contribution is 0.791. The molecule has 118 valence electrons. The number of nitrogens with one attached hydrogen (secondary N) is 2. The Bertz CT molecular complexity index is 951. The fourth-order valence-electron chi connectivity index (χ4n) is 2.51. The summed E-state index contributed by atoms with van der Waals surface area (Å²) in [6.45, 7) is 2.00. The minimum Gasteiger partial charge on any atom is -0.360 e. The van der Waals surface area contributed by atoms with Gasteiger partial charge in [0.2, 0.25) is 0 Å². The van der Waals surface area contributed by atoms with Gasteiger partial charge < -0.3 is 5.32 Å². The number of benzene rings is 1. The highest BCUT2D eigenvalue weighted by Gasteiger charge is 2.14. The van der Waals surface area contributed by atoms with Crippen LogP contribution in [-0.2, 0) is 0 Å². The van der Waals surface area contributed by atoms with Gasteiger partial charge >= 0.3 is 0 Å². The van der Waals surface area contributed by atoms with Crippen LogP contribution in [-0.4, -0.2) is 30.1 Å². The van der Waals surface area contributed by atoms with Crippen LogP contribution in [0.15, 0.2) is 55.1 Å². The molecule has 0 saturated heterocycles. The Morgan fingerprint density at radius 1 is 1.08 bits per heavy atom. The molecular formula is C17H15N7. The average Bonchev–Trinajstić information content (AvgIpc) is 3.17. The van der Waals surface area contributed by atoms with Crippen molar-refractivity contribution in [2.75, 3.05) is 5.32 Å². The van der Waals surface area contributed by atoms with Gasteiger partial charge in [0.25, 0.3) is 0 Å². The molecule has 0 spiro atoms. The second-order valence-electron chi connectivity index (χ2n) is 5.39. The summed E-state index contributed by atoms with van der Waals surface area (Å²) in [5, 5.41) is 11.1. The number of rotatable bonds is 4. The van der Waals surface area contributed by atoms with Gasteiger partial charge in [0.1, 0.15) is 18.0 Å². The maximum Gasteiger partial charge on any atom is 0.163 e. The normalized spacial score (nSPS) is 12.2. The zero-order valence-corrected chi connectivity index (χ0v) is 13.0. The highest BCUT2D eigenvalue weighted by atomic mass is 15.2. The quantitative estimate of drug-likeness (QED) is 0.601. The first-order chi connectivity index (χ1) is 11.8. The maximum absolute atomic E-state index is 4.70. The number of nitrogens with zero attached hydrogens (tertiary/aromatic N) is 5. The fourth-order valence-corrected chi connectivity index (χ4v) is 2.51. The smallest absolute Gasteiger partial charge is 0.163 e. The minimum absolute atomic E-state index is 0.0624. The molecule has 1 atom stereocenters. The average molecular weight is 317 g/mol. The van der Waals surface area contributed by atoms with E-state index >= 15 is 0 Å². The lowest BCUT2D eigenvalue weighted by atomic mass is 10.2. The van der Waals surface area contributed by atoms with Crippen LogP contribution in [0.25, 0.3) is 22.3 Å². The number of pyridine rings is 1. The zero-order valence-electron chi connectivity index (χ0n) is 13.0. The van der Waals surface area contributed by atoms with Crippen LogP contribution in [0.4, 0.5) is 5.82 Å². The number of aromatic amines is 1. The molecule has 3 heterocycles. The summed E-state index contributed by atoms with van der Waals surface area (Å²) in [5.74, 6) is 2.14. The largest absolute Gasteiger partial charge is 0.360 e. The van der Waals surface area contributed by atoms with Crippen molar-refractivity contribution in [1.29, 1.82) is 0 Å². The van der Waals surface area contributed by atoms with Crippen LogP contribution in [0, 0.1) is 0 Å². The highest BCUT2D eigenvalue weighted by Crippen LogP contribution is 2.26. The van der Waals surface area contributed by atoms with Gasteiger partial charge in [0.05, 0.1) is 11.6 Å². The van der Waals surface area contributed by atoms with E-state index in [1.807, 2.05) is 43.3 Å². The molecule has 7 heteroatoms. The molecule has 7 nitrogen and oxygen atoms in total. The van der Waals surface area contributed by atoms with Gasteiger partial charge in [-0.15, -0.1) is 0 Å². The number of fused-ring (bicyclic) bond motifs is 1. The van der Waals surface area contributed by atoms with Crippen LogP contribution in [0.3, 0.4) is 0 Å². The highest BCUT2D eigenvalue weighted by molar-refractivity contribution is 5.90. The van der Waals surface area contributed by atoms with Gasteiger partial charge in [-0.2, -0.15) is 5.10 Å². The van der Waals surface area contributed by atoms with Crippen molar-refractivity contribution in [2.24, 2.45) is 0 Å². The molecule has 0 amide bonds. The molecule has 0 aliphatic rings. The van der Waals surface area contributed by atoms with Crippen molar-refractivity contribution >= 4 is 16.7 Å². The molecule has 1 aromatic carbocycles. The summed E-state index contributed by atoms with van der Waals surface area (Å²) in [5.41, 5.74) is 1.75. The van der Waals surface area contributed by atoms with Gasteiger partial charge in [-0.3, -0.25) is 10.1 Å². The first kappa shape index (κ1) is 14.3. The van der Waals surface area contributed by atoms with E-state index in [9.17, 15) is 0 Å². The van der Waals surface area contributed by atoms with Gasteiger partial charge in [0.15, 0.2) is 5.82 Å². The molecule has 24 heavy (non-hydrogen) atoms. The first-order valence-corrected chi connectivity index (χ1v) is 7.60. The van der Waals surface area contributed by atoms with Crippen LogP contribution < -0.4 is 5.32 Å². The summed E-state index contributed by atoms with van der Waals surface area (Å²) in [4.78, 5) is 17.7. The fraction of sp³-hybridized carbons (Fsp3) is 0.118. The van der Waals surface area contributed by atoms with Gasteiger partial charge in [-0.05, 0) is 31.2 Å². The van der Waals surface area contributed by atoms with E-state index in [0.29, 0.717) is 5.82 Å². The number of H-pyrrole nitrogens is 1. The predicted molar refractivity (Wildman–Crippen MR) is 91.2 cm³/mol. The molecule has 0 aliphatic carbocycles. The molecule has 4 aromatic rings. The third kappa shape index (κ3) is 2.67. The molecular weight excluding hydrogens is 302 g/mol. The van der Waals surface area contributed by atoms with E-state index in [1.54, 1.807) is 12.4 Å². The summed E-state index contributed by atoms with van der Waals surface area (Å²) < 4.78 is 0. The van der Waals surface area contributed by atoms with Crippen molar-refractivity contribution in [1.82, 2.24) is 30.1 Å². The molecule has 1 unspecified atom stereocenters. The first-order valence-electron chi connectivity index (χ1n) is 7.60. The lowest BCUT2D eigenvalue weighted by Gasteiger charge is -2.14. The minimum atomic E-state index is -0.0624. The summed E-state index contributed by atoms with van der Waals surface area (Å²) in [6.07, 6.45) is 4.98. The Labute approximate surface area is 138 Å². The predicted octanol–water partition coefficient (Wildman–Crippen LogP) is 2.98. The number of hydrogen-bond acceptors (Lipinski definition) is 6. The van der Waals surface area contributed by atoms with Crippen molar-refractivity contribution in [2.45, 2.75) is 13.0 Å². The Hall–Kier alpha value is -3.35. The molecule has 0 radical (unpaired) electrons. The van der Waals surface area contributed by atoms with Gasteiger partial charge in [0, 0.05) is 23.3 Å². The summed E-state index contributed by atoms with van der Waals surface area (Å²) >= 11 is 0. The maximum atomic E-state index is 4.70. The molecule has 3 aromatic heterocycles. The number of aromatic nitrogens is 6. The zero-order chi connectivity index (χ0) is 16.4. The summed E-state index contributed by atoms with van der Waals surface area (Å²) in [6, 6.07) is 11.7.